The first-order valence-corrected chi connectivity index (χ1v) is 3.43. The summed E-state index contributed by atoms with van der Waals surface area (Å²) in [7, 11) is 0. The van der Waals surface area contributed by atoms with Crippen LogP contribution >= 0.6 is 0 Å². The molecular formula is C7H16N. The maximum absolute atomic E-state index is 7.43. The molecule has 0 aromatic rings. The maximum atomic E-state index is 7.43. The van der Waals surface area contributed by atoms with E-state index in [9.17, 15) is 0 Å². The van der Waals surface area contributed by atoms with Gasteiger partial charge in [0.05, 0.1) is 0 Å². The largest absolute Gasteiger partial charge is 0.254 e. The Bertz CT molecular complexity index is 44.3. The minimum atomic E-state index is 0.167. The fourth-order valence-corrected chi connectivity index (χ4v) is 0.687. The lowest BCUT2D eigenvalue weighted by molar-refractivity contribution is 0.422. The molecule has 0 aliphatic carbocycles. The first-order valence-electron chi connectivity index (χ1n) is 3.43. The van der Waals surface area contributed by atoms with E-state index in [2.05, 4.69) is 20.8 Å². The van der Waals surface area contributed by atoms with Gasteiger partial charge in [-0.3, -0.25) is 5.73 Å². The summed E-state index contributed by atoms with van der Waals surface area (Å²) in [6.45, 7) is 6.35. The van der Waals surface area contributed by atoms with E-state index in [1.807, 2.05) is 0 Å². The van der Waals surface area contributed by atoms with Crippen molar-refractivity contribution in [3.8, 4) is 0 Å². The van der Waals surface area contributed by atoms with Crippen LogP contribution in [-0.2, 0) is 0 Å². The molecule has 0 aliphatic heterocycles. The third-order valence-corrected chi connectivity index (χ3v) is 1.77. The van der Waals surface area contributed by atoms with Gasteiger partial charge in [-0.1, -0.05) is 27.2 Å². The van der Waals surface area contributed by atoms with Gasteiger partial charge in [0.15, 0.2) is 0 Å². The van der Waals surface area contributed by atoms with Crippen LogP contribution < -0.4 is 5.73 Å². The van der Waals surface area contributed by atoms with Crippen LogP contribution in [0.25, 0.3) is 0 Å². The maximum Gasteiger partial charge on any atom is 0.0235 e. The van der Waals surface area contributed by atoms with E-state index >= 15 is 0 Å². The van der Waals surface area contributed by atoms with Crippen molar-refractivity contribution in [2.24, 2.45) is 5.92 Å². The van der Waals surface area contributed by atoms with Gasteiger partial charge in [-0.25, -0.2) is 0 Å². The minimum absolute atomic E-state index is 0.167. The monoisotopic (exact) mass is 114 g/mol. The summed E-state index contributed by atoms with van der Waals surface area (Å²) in [6.07, 6.45) is 2.14. The molecule has 1 heteroatoms. The smallest absolute Gasteiger partial charge is 0.0235 e. The molecule has 0 aromatic heterocycles. The average Bonchev–Trinajstić information content (AvgIpc) is 1.84. The predicted molar refractivity (Wildman–Crippen MR) is 36.6 cm³/mol. The average molecular weight is 114 g/mol. The Balaban J connectivity index is 3.29. The summed E-state index contributed by atoms with van der Waals surface area (Å²) in [5.74, 6) is 0.583. The van der Waals surface area contributed by atoms with Gasteiger partial charge >= 0.3 is 0 Å². The molecule has 1 N–H and O–H groups in total. The van der Waals surface area contributed by atoms with Crippen LogP contribution in [0.1, 0.15) is 33.6 Å². The Kier molecular flexibility index (Phi) is 3.88. The van der Waals surface area contributed by atoms with Crippen molar-refractivity contribution < 1.29 is 0 Å². The third kappa shape index (κ3) is 2.31. The van der Waals surface area contributed by atoms with Crippen LogP contribution in [0.3, 0.4) is 0 Å². The van der Waals surface area contributed by atoms with E-state index in [1.165, 1.54) is 0 Å². The SMILES string of the molecule is CCC(C)C([NH])CC. The van der Waals surface area contributed by atoms with Gasteiger partial charge in [0.25, 0.3) is 0 Å². The van der Waals surface area contributed by atoms with E-state index in [0.29, 0.717) is 5.92 Å². The standard InChI is InChI=1S/C7H16N/c1-4-6(3)7(8)5-2/h6-8H,4-5H2,1-3H3. The highest BCUT2D eigenvalue weighted by molar-refractivity contribution is 4.63. The molecule has 2 unspecified atom stereocenters. The van der Waals surface area contributed by atoms with Crippen molar-refractivity contribution in [3.63, 3.8) is 0 Å². The lowest BCUT2D eigenvalue weighted by Gasteiger charge is -2.13. The molecule has 0 rings (SSSR count). The van der Waals surface area contributed by atoms with Crippen LogP contribution in [0.5, 0.6) is 0 Å². The summed E-state index contributed by atoms with van der Waals surface area (Å²) in [6, 6.07) is 0.167. The second-order valence-corrected chi connectivity index (χ2v) is 2.40. The van der Waals surface area contributed by atoms with Crippen LogP contribution in [0, 0.1) is 5.92 Å². The summed E-state index contributed by atoms with van der Waals surface area (Å²) in [5, 5.41) is 0. The van der Waals surface area contributed by atoms with E-state index in [1.54, 1.807) is 0 Å². The molecule has 49 valence electrons. The molecule has 0 saturated carbocycles. The number of nitrogens with one attached hydrogen (secondary N) is 1. The van der Waals surface area contributed by atoms with Crippen molar-refractivity contribution in [2.45, 2.75) is 39.7 Å². The topological polar surface area (TPSA) is 23.8 Å². The van der Waals surface area contributed by atoms with Gasteiger partial charge in [0, 0.05) is 6.04 Å². The van der Waals surface area contributed by atoms with Gasteiger partial charge in [-0.05, 0) is 12.3 Å². The van der Waals surface area contributed by atoms with Gasteiger partial charge in [0.2, 0.25) is 0 Å². The molecule has 0 heterocycles. The number of hydrogen-bond donors (Lipinski definition) is 0. The molecule has 1 radical (unpaired) electrons. The summed E-state index contributed by atoms with van der Waals surface area (Å²) in [5.41, 5.74) is 7.43. The van der Waals surface area contributed by atoms with Gasteiger partial charge < -0.3 is 0 Å². The Morgan fingerprint density at radius 2 is 1.75 bits per heavy atom. The first-order chi connectivity index (χ1) is 3.72. The van der Waals surface area contributed by atoms with Crippen LogP contribution in [-0.4, -0.2) is 6.04 Å². The van der Waals surface area contributed by atoms with E-state index < -0.39 is 0 Å². The van der Waals surface area contributed by atoms with Crippen LogP contribution in [0.15, 0.2) is 0 Å². The second-order valence-electron chi connectivity index (χ2n) is 2.40. The predicted octanol–water partition coefficient (Wildman–Crippen LogP) is 2.09. The summed E-state index contributed by atoms with van der Waals surface area (Å²) < 4.78 is 0. The molecule has 0 fully saturated rings. The zero-order valence-corrected chi connectivity index (χ0v) is 6.07. The fraction of sp³-hybridized carbons (Fsp3) is 1.00. The highest BCUT2D eigenvalue weighted by atomic mass is 14.6. The van der Waals surface area contributed by atoms with Gasteiger partial charge in [-0.2, -0.15) is 0 Å². The minimum Gasteiger partial charge on any atom is -0.254 e. The van der Waals surface area contributed by atoms with Gasteiger partial charge in [-0.15, -0.1) is 0 Å². The van der Waals surface area contributed by atoms with Crippen molar-refractivity contribution in [3.05, 3.63) is 0 Å². The molecule has 0 aromatic carbocycles. The van der Waals surface area contributed by atoms with Crippen molar-refractivity contribution in [1.82, 2.24) is 5.73 Å². The first kappa shape index (κ1) is 7.96. The van der Waals surface area contributed by atoms with Crippen molar-refractivity contribution in [1.29, 1.82) is 0 Å². The van der Waals surface area contributed by atoms with Gasteiger partial charge in [0.1, 0.15) is 0 Å². The second kappa shape index (κ2) is 3.90. The lowest BCUT2D eigenvalue weighted by atomic mass is 9.98. The molecule has 1 nitrogen and oxygen atoms in total. The molecular weight excluding hydrogens is 98.1 g/mol. The lowest BCUT2D eigenvalue weighted by Crippen LogP contribution is -2.16. The van der Waals surface area contributed by atoms with Crippen LogP contribution in [0.4, 0.5) is 0 Å². The van der Waals surface area contributed by atoms with E-state index in [-0.39, 0.29) is 6.04 Å². The number of hydrogen-bond acceptors (Lipinski definition) is 0. The Morgan fingerprint density at radius 1 is 1.25 bits per heavy atom. The molecule has 0 aliphatic rings. The molecule has 0 amide bonds. The molecule has 0 bridgehead atoms. The third-order valence-electron chi connectivity index (χ3n) is 1.77. The van der Waals surface area contributed by atoms with Crippen molar-refractivity contribution in [2.75, 3.05) is 0 Å². The normalized spacial score (nSPS) is 18.0. The summed E-state index contributed by atoms with van der Waals surface area (Å²) in [4.78, 5) is 0. The highest BCUT2D eigenvalue weighted by Crippen LogP contribution is 2.08. The quantitative estimate of drug-likeness (QED) is 0.536. The summed E-state index contributed by atoms with van der Waals surface area (Å²) >= 11 is 0. The molecule has 0 spiro atoms. The van der Waals surface area contributed by atoms with E-state index in [4.69, 9.17) is 5.73 Å². The Hall–Kier alpha value is -0.0400. The molecule has 0 saturated heterocycles. The Labute approximate surface area is 52.3 Å². The zero-order valence-electron chi connectivity index (χ0n) is 6.07. The Morgan fingerprint density at radius 3 is 1.88 bits per heavy atom. The number of rotatable bonds is 3. The van der Waals surface area contributed by atoms with Crippen LogP contribution in [0.2, 0.25) is 0 Å². The van der Waals surface area contributed by atoms with E-state index in [0.717, 1.165) is 12.8 Å². The molecule has 2 atom stereocenters. The molecule has 8 heavy (non-hydrogen) atoms. The zero-order chi connectivity index (χ0) is 6.57. The fourth-order valence-electron chi connectivity index (χ4n) is 0.687. The highest BCUT2D eigenvalue weighted by Gasteiger charge is 2.06. The van der Waals surface area contributed by atoms with Crippen molar-refractivity contribution >= 4 is 0 Å².